The summed E-state index contributed by atoms with van der Waals surface area (Å²) in [6, 6.07) is 4.75. The van der Waals surface area contributed by atoms with E-state index in [0.717, 1.165) is 22.9 Å². The maximum Gasteiger partial charge on any atom is 0.124 e. The molecule has 0 saturated carbocycles. The highest BCUT2D eigenvalue weighted by molar-refractivity contribution is 9.10. The Bertz CT molecular complexity index is 337. The first-order valence-corrected chi connectivity index (χ1v) is 6.29. The first-order valence-electron chi connectivity index (χ1n) is 5.49. The van der Waals surface area contributed by atoms with Gasteiger partial charge < -0.3 is 5.73 Å². The minimum Gasteiger partial charge on any atom is -0.324 e. The molecular weight excluding hydrogens is 269 g/mol. The standard InChI is InChI=1S/C13H19BrFN/c1-13(2,3)5-4-12(16)9-6-10(14)8-11(15)7-9/h6-8,12H,4-5,16H2,1-3H3. The molecule has 0 radical (unpaired) electrons. The lowest BCUT2D eigenvalue weighted by Crippen LogP contribution is -2.14. The Morgan fingerprint density at radius 1 is 1.31 bits per heavy atom. The van der Waals surface area contributed by atoms with Gasteiger partial charge in [-0.25, -0.2) is 4.39 Å². The van der Waals surface area contributed by atoms with Gasteiger partial charge in [-0.3, -0.25) is 0 Å². The smallest absolute Gasteiger partial charge is 0.124 e. The molecule has 3 heteroatoms. The third-order valence-corrected chi connectivity index (χ3v) is 2.98. The molecule has 16 heavy (non-hydrogen) atoms. The second-order valence-electron chi connectivity index (χ2n) is 5.41. The van der Waals surface area contributed by atoms with Gasteiger partial charge in [-0.1, -0.05) is 36.7 Å². The number of rotatable bonds is 3. The highest BCUT2D eigenvalue weighted by Crippen LogP contribution is 2.27. The Balaban J connectivity index is 2.69. The van der Waals surface area contributed by atoms with Crippen LogP contribution >= 0.6 is 15.9 Å². The fourth-order valence-corrected chi connectivity index (χ4v) is 2.03. The molecule has 1 unspecified atom stereocenters. The third-order valence-electron chi connectivity index (χ3n) is 2.52. The molecule has 0 amide bonds. The molecule has 0 aromatic heterocycles. The van der Waals surface area contributed by atoms with Crippen LogP contribution in [-0.4, -0.2) is 0 Å². The van der Waals surface area contributed by atoms with Crippen LogP contribution in [0.15, 0.2) is 22.7 Å². The van der Waals surface area contributed by atoms with E-state index in [-0.39, 0.29) is 17.3 Å². The van der Waals surface area contributed by atoms with Crippen molar-refractivity contribution in [2.75, 3.05) is 0 Å². The monoisotopic (exact) mass is 287 g/mol. The summed E-state index contributed by atoms with van der Waals surface area (Å²) in [5.41, 5.74) is 7.18. The van der Waals surface area contributed by atoms with Gasteiger partial charge in [-0.05, 0) is 42.0 Å². The van der Waals surface area contributed by atoms with Gasteiger partial charge in [0.05, 0.1) is 0 Å². The maximum atomic E-state index is 13.2. The second kappa shape index (κ2) is 5.28. The molecule has 1 atom stereocenters. The number of hydrogen-bond donors (Lipinski definition) is 1. The van der Waals surface area contributed by atoms with Crippen molar-refractivity contribution in [3.05, 3.63) is 34.1 Å². The lowest BCUT2D eigenvalue weighted by atomic mass is 9.87. The molecule has 0 bridgehead atoms. The van der Waals surface area contributed by atoms with E-state index in [4.69, 9.17) is 5.73 Å². The number of halogens is 2. The van der Waals surface area contributed by atoms with E-state index in [1.54, 1.807) is 0 Å². The molecule has 90 valence electrons. The van der Waals surface area contributed by atoms with E-state index >= 15 is 0 Å². The van der Waals surface area contributed by atoms with Crippen LogP contribution < -0.4 is 5.73 Å². The normalized spacial score (nSPS) is 13.9. The van der Waals surface area contributed by atoms with E-state index < -0.39 is 0 Å². The van der Waals surface area contributed by atoms with Crippen LogP contribution in [0.2, 0.25) is 0 Å². The second-order valence-corrected chi connectivity index (χ2v) is 6.32. The molecule has 1 nitrogen and oxygen atoms in total. The number of benzene rings is 1. The molecule has 0 spiro atoms. The number of nitrogens with two attached hydrogens (primary N) is 1. The summed E-state index contributed by atoms with van der Waals surface area (Å²) < 4.78 is 13.9. The quantitative estimate of drug-likeness (QED) is 0.875. The molecule has 2 N–H and O–H groups in total. The van der Waals surface area contributed by atoms with Crippen LogP contribution in [0.25, 0.3) is 0 Å². The molecule has 1 aromatic carbocycles. The summed E-state index contributed by atoms with van der Waals surface area (Å²) in [4.78, 5) is 0. The minimum atomic E-state index is -0.240. The van der Waals surface area contributed by atoms with Gasteiger partial charge >= 0.3 is 0 Å². The first kappa shape index (κ1) is 13.7. The van der Waals surface area contributed by atoms with Gasteiger partial charge in [0.15, 0.2) is 0 Å². The van der Waals surface area contributed by atoms with Crippen molar-refractivity contribution in [1.29, 1.82) is 0 Å². The average Bonchev–Trinajstić information content (AvgIpc) is 2.11. The van der Waals surface area contributed by atoms with Crippen LogP contribution in [0.3, 0.4) is 0 Å². The molecular formula is C13H19BrFN. The summed E-state index contributed by atoms with van der Waals surface area (Å²) in [5, 5.41) is 0. The van der Waals surface area contributed by atoms with Crippen molar-refractivity contribution in [2.45, 2.75) is 39.7 Å². The Morgan fingerprint density at radius 2 is 1.94 bits per heavy atom. The van der Waals surface area contributed by atoms with Crippen molar-refractivity contribution in [3.63, 3.8) is 0 Å². The highest BCUT2D eigenvalue weighted by Gasteiger charge is 2.14. The van der Waals surface area contributed by atoms with Crippen LogP contribution in [0.5, 0.6) is 0 Å². The molecule has 0 heterocycles. The molecule has 1 rings (SSSR count). The van der Waals surface area contributed by atoms with E-state index in [1.165, 1.54) is 12.1 Å². The Morgan fingerprint density at radius 3 is 2.44 bits per heavy atom. The maximum absolute atomic E-state index is 13.2. The topological polar surface area (TPSA) is 26.0 Å². The van der Waals surface area contributed by atoms with Crippen molar-refractivity contribution >= 4 is 15.9 Å². The van der Waals surface area contributed by atoms with E-state index in [1.807, 2.05) is 6.07 Å². The molecule has 0 aliphatic heterocycles. The zero-order chi connectivity index (χ0) is 12.3. The van der Waals surface area contributed by atoms with Gasteiger partial charge in [-0.2, -0.15) is 0 Å². The fourth-order valence-electron chi connectivity index (χ4n) is 1.54. The fraction of sp³-hybridized carbons (Fsp3) is 0.538. The van der Waals surface area contributed by atoms with Crippen LogP contribution in [0.4, 0.5) is 4.39 Å². The molecule has 1 aromatic rings. The van der Waals surface area contributed by atoms with Crippen molar-refractivity contribution in [2.24, 2.45) is 11.1 Å². The summed E-state index contributed by atoms with van der Waals surface area (Å²) in [6.07, 6.45) is 1.90. The summed E-state index contributed by atoms with van der Waals surface area (Å²) in [7, 11) is 0. The minimum absolute atomic E-state index is 0.0915. The molecule has 0 saturated heterocycles. The largest absolute Gasteiger partial charge is 0.324 e. The van der Waals surface area contributed by atoms with Gasteiger partial charge in [0.2, 0.25) is 0 Å². The van der Waals surface area contributed by atoms with Gasteiger partial charge in [0.1, 0.15) is 5.82 Å². The Labute approximate surface area is 105 Å². The Kier molecular flexibility index (Phi) is 4.51. The summed E-state index contributed by atoms with van der Waals surface area (Å²) in [5.74, 6) is -0.240. The van der Waals surface area contributed by atoms with Crippen molar-refractivity contribution in [3.8, 4) is 0 Å². The lowest BCUT2D eigenvalue weighted by Gasteiger charge is -2.21. The van der Waals surface area contributed by atoms with E-state index in [9.17, 15) is 4.39 Å². The molecule has 0 fully saturated rings. The third kappa shape index (κ3) is 4.62. The van der Waals surface area contributed by atoms with Crippen molar-refractivity contribution in [1.82, 2.24) is 0 Å². The predicted octanol–water partition coefficient (Wildman–Crippen LogP) is 4.41. The number of hydrogen-bond acceptors (Lipinski definition) is 1. The van der Waals surface area contributed by atoms with Crippen LogP contribution in [0.1, 0.15) is 45.2 Å². The SMILES string of the molecule is CC(C)(C)CCC(N)c1cc(F)cc(Br)c1. The Hall–Kier alpha value is -0.410. The van der Waals surface area contributed by atoms with E-state index in [2.05, 4.69) is 36.7 Å². The van der Waals surface area contributed by atoms with Crippen LogP contribution in [0, 0.1) is 11.2 Å². The van der Waals surface area contributed by atoms with Gasteiger partial charge in [-0.15, -0.1) is 0 Å². The average molecular weight is 288 g/mol. The zero-order valence-electron chi connectivity index (χ0n) is 10.1. The van der Waals surface area contributed by atoms with Crippen molar-refractivity contribution < 1.29 is 4.39 Å². The van der Waals surface area contributed by atoms with Gasteiger partial charge in [0.25, 0.3) is 0 Å². The van der Waals surface area contributed by atoms with Gasteiger partial charge in [0, 0.05) is 10.5 Å². The molecule has 0 aliphatic carbocycles. The summed E-state index contributed by atoms with van der Waals surface area (Å²) >= 11 is 3.28. The highest BCUT2D eigenvalue weighted by atomic mass is 79.9. The van der Waals surface area contributed by atoms with Crippen LogP contribution in [-0.2, 0) is 0 Å². The first-order chi connectivity index (χ1) is 7.28. The lowest BCUT2D eigenvalue weighted by molar-refractivity contribution is 0.349. The summed E-state index contributed by atoms with van der Waals surface area (Å²) in [6.45, 7) is 6.55. The van der Waals surface area contributed by atoms with E-state index in [0.29, 0.717) is 0 Å². The molecule has 0 aliphatic rings. The predicted molar refractivity (Wildman–Crippen MR) is 69.7 cm³/mol. The zero-order valence-corrected chi connectivity index (χ0v) is 11.6.